The highest BCUT2D eigenvalue weighted by Crippen LogP contribution is 1.91. The van der Waals surface area contributed by atoms with E-state index in [0.29, 0.717) is 13.0 Å². The first-order valence-electron chi connectivity index (χ1n) is 5.26. The van der Waals surface area contributed by atoms with E-state index in [1.54, 1.807) is 17.9 Å². The summed E-state index contributed by atoms with van der Waals surface area (Å²) in [6.45, 7) is -0.00728. The van der Waals surface area contributed by atoms with E-state index in [-0.39, 0.29) is 6.54 Å². The Hall–Kier alpha value is -2.16. The van der Waals surface area contributed by atoms with Crippen LogP contribution in [0.3, 0.4) is 0 Å². The van der Waals surface area contributed by atoms with Crippen molar-refractivity contribution in [3.8, 4) is 0 Å². The molecule has 100 valence electrons. The summed E-state index contributed by atoms with van der Waals surface area (Å²) < 4.78 is 1.73. The fourth-order valence-electron chi connectivity index (χ4n) is 1.16. The van der Waals surface area contributed by atoms with E-state index in [1.807, 2.05) is 0 Å². The number of aryl methyl sites for hydroxylation is 1. The smallest absolute Gasteiger partial charge is 0.334 e. The quantitative estimate of drug-likeness (QED) is 0.471. The third-order valence-corrected chi connectivity index (χ3v) is 2.18. The monoisotopic (exact) mass is 257 g/mol. The molecule has 0 spiro atoms. The number of hydrogen-bond acceptors (Lipinski definition) is 5. The van der Waals surface area contributed by atoms with Crippen molar-refractivity contribution < 1.29 is 19.8 Å². The molecule has 9 heteroatoms. The van der Waals surface area contributed by atoms with Gasteiger partial charge < -0.3 is 25.4 Å². The first kappa shape index (κ1) is 13.9. The molecule has 0 saturated heterocycles. The van der Waals surface area contributed by atoms with Crippen molar-refractivity contribution in [1.82, 2.24) is 25.4 Å². The number of carbonyl (C=O) groups is 2. The number of aliphatic hydroxyl groups excluding tert-OH is 1. The number of carboxylic acids is 1. The Kier molecular flexibility index (Phi) is 5.06. The van der Waals surface area contributed by atoms with Crippen LogP contribution in [0.1, 0.15) is 5.82 Å². The number of aliphatic carboxylic acids is 1. The molecule has 0 fully saturated rings. The van der Waals surface area contributed by atoms with Crippen LogP contribution >= 0.6 is 0 Å². The average Bonchev–Trinajstić information content (AvgIpc) is 2.72. The minimum atomic E-state index is -1.60. The van der Waals surface area contributed by atoms with Gasteiger partial charge >= 0.3 is 12.0 Å². The molecule has 1 rings (SSSR count). The summed E-state index contributed by atoms with van der Waals surface area (Å²) in [4.78, 5) is 21.5. The minimum absolute atomic E-state index is 0.335. The zero-order valence-electron chi connectivity index (χ0n) is 9.83. The van der Waals surface area contributed by atoms with E-state index in [0.717, 1.165) is 5.82 Å². The number of aliphatic hydroxyl groups is 1. The van der Waals surface area contributed by atoms with Gasteiger partial charge in [0.05, 0.1) is 6.54 Å². The van der Waals surface area contributed by atoms with Crippen LogP contribution in [0.25, 0.3) is 0 Å². The molecular weight excluding hydrogens is 242 g/mol. The maximum Gasteiger partial charge on any atom is 0.334 e. The standard InChI is InChI=1S/C9H15N5O4/c1-14-5-12-13-7(14)2-3-10-9(18)11-4-6(15)8(16)17/h5-6,15H,2-4H2,1H3,(H,16,17)(H2,10,11,18)/t6-/m0/s1. The molecule has 0 aliphatic carbocycles. The first-order chi connectivity index (χ1) is 8.50. The number of rotatable bonds is 6. The molecule has 1 atom stereocenters. The second-order valence-corrected chi connectivity index (χ2v) is 3.60. The molecule has 1 aromatic heterocycles. The molecule has 0 aliphatic rings. The SMILES string of the molecule is Cn1cnnc1CCNC(=O)NC[C@H](O)C(=O)O. The number of nitrogens with zero attached hydrogens (tertiary/aromatic N) is 3. The van der Waals surface area contributed by atoms with E-state index in [2.05, 4.69) is 20.8 Å². The third kappa shape index (κ3) is 4.37. The maximum absolute atomic E-state index is 11.2. The predicted octanol–water partition coefficient (Wildman–Crippen LogP) is -1.90. The second kappa shape index (κ2) is 6.55. The van der Waals surface area contributed by atoms with Gasteiger partial charge in [-0.15, -0.1) is 10.2 Å². The van der Waals surface area contributed by atoms with Crippen LogP contribution < -0.4 is 10.6 Å². The van der Waals surface area contributed by atoms with Gasteiger partial charge in [0.1, 0.15) is 12.2 Å². The molecule has 9 nitrogen and oxygen atoms in total. The lowest BCUT2D eigenvalue weighted by Crippen LogP contribution is -2.42. The number of carboxylic acid groups (broad SMARTS) is 1. The maximum atomic E-state index is 11.2. The molecule has 0 unspecified atom stereocenters. The molecule has 0 radical (unpaired) electrons. The van der Waals surface area contributed by atoms with E-state index >= 15 is 0 Å². The molecule has 0 aliphatic heterocycles. The highest BCUT2D eigenvalue weighted by atomic mass is 16.4. The van der Waals surface area contributed by atoms with Crippen LogP contribution in [0.5, 0.6) is 0 Å². The zero-order valence-corrected chi connectivity index (χ0v) is 9.83. The summed E-state index contributed by atoms with van der Waals surface area (Å²) in [5.74, 6) is -0.657. The highest BCUT2D eigenvalue weighted by Gasteiger charge is 2.13. The Morgan fingerprint density at radius 3 is 2.78 bits per heavy atom. The molecule has 4 N–H and O–H groups in total. The highest BCUT2D eigenvalue weighted by molar-refractivity contribution is 5.76. The van der Waals surface area contributed by atoms with Crippen LogP contribution in [-0.4, -0.2) is 56.2 Å². The number of urea groups is 1. The van der Waals surface area contributed by atoms with Gasteiger partial charge in [-0.2, -0.15) is 0 Å². The summed E-state index contributed by atoms with van der Waals surface area (Å²) in [6, 6.07) is -0.544. The van der Waals surface area contributed by atoms with Crippen LogP contribution in [0.4, 0.5) is 4.79 Å². The van der Waals surface area contributed by atoms with Crippen molar-refractivity contribution in [2.24, 2.45) is 7.05 Å². The molecule has 1 aromatic rings. The number of aromatic nitrogens is 3. The molecule has 2 amide bonds. The fourth-order valence-corrected chi connectivity index (χ4v) is 1.16. The number of amides is 2. The summed E-state index contributed by atoms with van der Waals surface area (Å²) >= 11 is 0. The first-order valence-corrected chi connectivity index (χ1v) is 5.26. The summed E-state index contributed by atoms with van der Waals surface area (Å²) in [6.07, 6.45) is 0.457. The van der Waals surface area contributed by atoms with Gasteiger partial charge in [0, 0.05) is 20.0 Å². The summed E-state index contributed by atoms with van der Waals surface area (Å²) in [5.41, 5.74) is 0. The zero-order chi connectivity index (χ0) is 13.5. The number of carbonyl (C=O) groups excluding carboxylic acids is 1. The number of hydrogen-bond donors (Lipinski definition) is 4. The van der Waals surface area contributed by atoms with Crippen LogP contribution in [0, 0.1) is 0 Å². The molecule has 18 heavy (non-hydrogen) atoms. The van der Waals surface area contributed by atoms with E-state index in [9.17, 15) is 9.59 Å². The van der Waals surface area contributed by atoms with Crippen LogP contribution in [-0.2, 0) is 18.3 Å². The van der Waals surface area contributed by atoms with Crippen molar-refractivity contribution in [1.29, 1.82) is 0 Å². The van der Waals surface area contributed by atoms with Crippen molar-refractivity contribution >= 4 is 12.0 Å². The lowest BCUT2D eigenvalue weighted by atomic mass is 10.3. The van der Waals surface area contributed by atoms with E-state index in [1.165, 1.54) is 0 Å². The Morgan fingerprint density at radius 1 is 1.50 bits per heavy atom. The lowest BCUT2D eigenvalue weighted by Gasteiger charge is -2.09. The van der Waals surface area contributed by atoms with Crippen LogP contribution in [0.2, 0.25) is 0 Å². The normalized spacial score (nSPS) is 11.9. The summed E-state index contributed by atoms with van der Waals surface area (Å²) in [5, 5.41) is 29.6. The Labute approximate surface area is 103 Å². The Morgan fingerprint density at radius 2 is 2.22 bits per heavy atom. The van der Waals surface area contributed by atoms with Gasteiger partial charge in [0.15, 0.2) is 6.10 Å². The van der Waals surface area contributed by atoms with Gasteiger partial charge in [-0.1, -0.05) is 0 Å². The van der Waals surface area contributed by atoms with Gasteiger partial charge in [0.25, 0.3) is 0 Å². The molecular formula is C9H15N5O4. The van der Waals surface area contributed by atoms with Crippen LogP contribution in [0.15, 0.2) is 6.33 Å². The Bertz CT molecular complexity index is 419. The van der Waals surface area contributed by atoms with Crippen molar-refractivity contribution in [2.45, 2.75) is 12.5 Å². The average molecular weight is 257 g/mol. The Balaban J connectivity index is 2.18. The minimum Gasteiger partial charge on any atom is -0.479 e. The predicted molar refractivity (Wildman–Crippen MR) is 59.8 cm³/mol. The van der Waals surface area contributed by atoms with Crippen molar-refractivity contribution in [2.75, 3.05) is 13.1 Å². The molecule has 0 bridgehead atoms. The molecule has 0 saturated carbocycles. The summed E-state index contributed by atoms with van der Waals surface area (Å²) in [7, 11) is 1.79. The topological polar surface area (TPSA) is 129 Å². The van der Waals surface area contributed by atoms with Crippen molar-refractivity contribution in [3.63, 3.8) is 0 Å². The largest absolute Gasteiger partial charge is 0.479 e. The van der Waals surface area contributed by atoms with Gasteiger partial charge in [-0.25, -0.2) is 9.59 Å². The number of nitrogens with one attached hydrogen (secondary N) is 2. The van der Waals surface area contributed by atoms with Gasteiger partial charge in [-0.05, 0) is 0 Å². The van der Waals surface area contributed by atoms with E-state index in [4.69, 9.17) is 10.2 Å². The van der Waals surface area contributed by atoms with E-state index < -0.39 is 18.1 Å². The van der Waals surface area contributed by atoms with Crippen molar-refractivity contribution in [3.05, 3.63) is 12.2 Å². The fraction of sp³-hybridized carbons (Fsp3) is 0.556. The lowest BCUT2D eigenvalue weighted by molar-refractivity contribution is -0.146. The second-order valence-electron chi connectivity index (χ2n) is 3.60. The van der Waals surface area contributed by atoms with Gasteiger partial charge in [0.2, 0.25) is 0 Å². The molecule has 1 heterocycles. The third-order valence-electron chi connectivity index (χ3n) is 2.18. The van der Waals surface area contributed by atoms with Gasteiger partial charge in [-0.3, -0.25) is 0 Å². The molecule has 0 aromatic carbocycles.